The van der Waals surface area contributed by atoms with Crippen LogP contribution in [0.4, 0.5) is 16.3 Å². The van der Waals surface area contributed by atoms with Gasteiger partial charge >= 0.3 is 6.09 Å². The van der Waals surface area contributed by atoms with Crippen LogP contribution in [0.25, 0.3) is 0 Å². The van der Waals surface area contributed by atoms with Gasteiger partial charge in [0.25, 0.3) is 5.91 Å². The summed E-state index contributed by atoms with van der Waals surface area (Å²) in [6.07, 6.45) is -0.482. The van der Waals surface area contributed by atoms with Crippen LogP contribution in [0.5, 0.6) is 0 Å². The van der Waals surface area contributed by atoms with Crippen molar-refractivity contribution >= 4 is 23.5 Å². The standard InChI is InChI=1S/C23H28N4O4/c1-15-12-16(2)21(24-17(15)3)25-8-10-26(11-9-25)22(29)18-4-6-19(7-5-18)27-20(13-28)14-31-23(27)30/h4-7,12,20,28H,8-11,13-14H2,1-3H3/t20-/m1/s1. The molecule has 31 heavy (non-hydrogen) atoms. The first-order valence-electron chi connectivity index (χ1n) is 10.5. The molecule has 3 heterocycles. The summed E-state index contributed by atoms with van der Waals surface area (Å²) in [7, 11) is 0. The van der Waals surface area contributed by atoms with Crippen molar-refractivity contribution in [2.45, 2.75) is 26.8 Å². The van der Waals surface area contributed by atoms with Crippen LogP contribution in [0.2, 0.25) is 0 Å². The van der Waals surface area contributed by atoms with Crippen molar-refractivity contribution in [2.24, 2.45) is 0 Å². The van der Waals surface area contributed by atoms with Crippen LogP contribution in [-0.2, 0) is 4.74 Å². The highest BCUT2D eigenvalue weighted by Crippen LogP contribution is 2.25. The van der Waals surface area contributed by atoms with Crippen LogP contribution in [0, 0.1) is 20.8 Å². The van der Waals surface area contributed by atoms with E-state index in [0.29, 0.717) is 24.3 Å². The monoisotopic (exact) mass is 424 g/mol. The van der Waals surface area contributed by atoms with Gasteiger partial charge in [0.05, 0.1) is 12.6 Å². The van der Waals surface area contributed by atoms with Crippen molar-refractivity contribution in [1.82, 2.24) is 9.88 Å². The number of carbonyl (C=O) groups excluding carboxylic acids is 2. The maximum atomic E-state index is 13.0. The number of benzene rings is 1. The van der Waals surface area contributed by atoms with E-state index in [-0.39, 0.29) is 19.1 Å². The van der Waals surface area contributed by atoms with Gasteiger partial charge in [-0.3, -0.25) is 9.69 Å². The van der Waals surface area contributed by atoms with E-state index in [9.17, 15) is 14.7 Å². The quantitative estimate of drug-likeness (QED) is 0.811. The Bertz CT molecular complexity index is 984. The molecule has 1 aromatic heterocycles. The molecule has 2 amide bonds. The Morgan fingerprint density at radius 2 is 1.77 bits per heavy atom. The number of carbonyl (C=O) groups is 2. The van der Waals surface area contributed by atoms with Gasteiger partial charge < -0.3 is 19.6 Å². The van der Waals surface area contributed by atoms with Crippen molar-refractivity contribution in [1.29, 1.82) is 0 Å². The topological polar surface area (TPSA) is 86.2 Å². The molecule has 0 saturated carbocycles. The summed E-state index contributed by atoms with van der Waals surface area (Å²) in [5, 5.41) is 9.43. The molecule has 0 bridgehead atoms. The van der Waals surface area contributed by atoms with Gasteiger partial charge in [-0.25, -0.2) is 9.78 Å². The summed E-state index contributed by atoms with van der Waals surface area (Å²) in [5.41, 5.74) is 4.56. The molecular weight excluding hydrogens is 396 g/mol. The first kappa shape index (κ1) is 21.1. The predicted molar refractivity (Wildman–Crippen MR) is 118 cm³/mol. The molecule has 2 saturated heterocycles. The third-order valence-electron chi connectivity index (χ3n) is 6.06. The van der Waals surface area contributed by atoms with Crippen molar-refractivity contribution in [3.8, 4) is 0 Å². The zero-order valence-corrected chi connectivity index (χ0v) is 18.2. The average Bonchev–Trinajstić information content (AvgIpc) is 3.16. The highest BCUT2D eigenvalue weighted by molar-refractivity contribution is 5.96. The second-order valence-electron chi connectivity index (χ2n) is 8.14. The van der Waals surface area contributed by atoms with E-state index in [0.717, 1.165) is 30.2 Å². The summed E-state index contributed by atoms with van der Waals surface area (Å²) in [5.74, 6) is 0.967. The van der Waals surface area contributed by atoms with Gasteiger partial charge in [0.2, 0.25) is 0 Å². The van der Waals surface area contributed by atoms with E-state index in [4.69, 9.17) is 9.72 Å². The SMILES string of the molecule is Cc1cc(C)c(N2CCN(C(=O)c3ccc(N4C(=O)OC[C@H]4CO)cc3)CC2)nc1C. The summed E-state index contributed by atoms with van der Waals surface area (Å²) in [6.45, 7) is 8.87. The lowest BCUT2D eigenvalue weighted by Gasteiger charge is -2.36. The highest BCUT2D eigenvalue weighted by Gasteiger charge is 2.34. The average molecular weight is 425 g/mol. The molecule has 0 unspecified atom stereocenters. The molecule has 0 radical (unpaired) electrons. The largest absolute Gasteiger partial charge is 0.447 e. The number of aliphatic hydroxyl groups excluding tert-OH is 1. The molecule has 1 aromatic carbocycles. The number of cyclic esters (lactones) is 1. The Labute approximate surface area is 182 Å². The van der Waals surface area contributed by atoms with Crippen molar-refractivity contribution < 1.29 is 19.4 Å². The number of hydrogen-bond acceptors (Lipinski definition) is 6. The van der Waals surface area contributed by atoms with Crippen molar-refractivity contribution in [3.63, 3.8) is 0 Å². The van der Waals surface area contributed by atoms with Crippen LogP contribution >= 0.6 is 0 Å². The van der Waals surface area contributed by atoms with Gasteiger partial charge in [-0.05, 0) is 56.2 Å². The third kappa shape index (κ3) is 4.07. The zero-order chi connectivity index (χ0) is 22.1. The molecule has 0 spiro atoms. The molecule has 164 valence electrons. The van der Waals surface area contributed by atoms with Crippen LogP contribution in [0.15, 0.2) is 30.3 Å². The molecular formula is C23H28N4O4. The normalized spacial score (nSPS) is 19.0. The third-order valence-corrected chi connectivity index (χ3v) is 6.06. The van der Waals surface area contributed by atoms with Crippen LogP contribution in [0.3, 0.4) is 0 Å². The molecule has 1 N–H and O–H groups in total. The zero-order valence-electron chi connectivity index (χ0n) is 18.2. The minimum atomic E-state index is -0.482. The maximum absolute atomic E-state index is 13.0. The molecule has 0 aliphatic carbocycles. The molecule has 8 nitrogen and oxygen atoms in total. The first-order valence-corrected chi connectivity index (χ1v) is 10.5. The molecule has 8 heteroatoms. The lowest BCUT2D eigenvalue weighted by Crippen LogP contribution is -2.49. The minimum absolute atomic E-state index is 0.0290. The Morgan fingerprint density at radius 3 is 2.42 bits per heavy atom. The summed E-state index contributed by atoms with van der Waals surface area (Å²) < 4.78 is 5.01. The number of nitrogens with zero attached hydrogens (tertiary/aromatic N) is 4. The number of anilines is 2. The van der Waals surface area contributed by atoms with Crippen LogP contribution in [-0.4, -0.2) is 72.4 Å². The molecule has 1 atom stereocenters. The molecule has 2 aliphatic rings. The fraction of sp³-hybridized carbons (Fsp3) is 0.435. The molecule has 2 fully saturated rings. The number of pyridine rings is 1. The van der Waals surface area contributed by atoms with Gasteiger partial charge in [-0.1, -0.05) is 6.07 Å². The molecule has 2 aliphatic heterocycles. The number of piperazine rings is 1. The Hall–Kier alpha value is -3.13. The fourth-order valence-corrected chi connectivity index (χ4v) is 4.13. The number of amides is 2. The van der Waals surface area contributed by atoms with E-state index in [2.05, 4.69) is 24.8 Å². The summed E-state index contributed by atoms with van der Waals surface area (Å²) >= 11 is 0. The first-order chi connectivity index (χ1) is 14.9. The number of ether oxygens (including phenoxy) is 1. The van der Waals surface area contributed by atoms with Gasteiger partial charge in [-0.2, -0.15) is 0 Å². The number of aromatic nitrogens is 1. The number of aliphatic hydroxyl groups is 1. The van der Waals surface area contributed by atoms with Crippen molar-refractivity contribution in [3.05, 3.63) is 52.7 Å². The Morgan fingerprint density at radius 1 is 1.10 bits per heavy atom. The van der Waals surface area contributed by atoms with Crippen LogP contribution < -0.4 is 9.80 Å². The molecule has 4 rings (SSSR count). The number of aryl methyl sites for hydroxylation is 3. The van der Waals surface area contributed by atoms with Gasteiger partial charge in [-0.15, -0.1) is 0 Å². The molecule has 2 aromatic rings. The number of rotatable bonds is 4. The van der Waals surface area contributed by atoms with Gasteiger partial charge in [0.15, 0.2) is 0 Å². The van der Waals surface area contributed by atoms with Crippen molar-refractivity contribution in [2.75, 3.05) is 49.2 Å². The second-order valence-corrected chi connectivity index (χ2v) is 8.14. The minimum Gasteiger partial charge on any atom is -0.447 e. The van der Waals surface area contributed by atoms with Gasteiger partial charge in [0.1, 0.15) is 12.4 Å². The Kier molecular flexibility index (Phi) is 5.82. The lowest BCUT2D eigenvalue weighted by atomic mass is 10.1. The maximum Gasteiger partial charge on any atom is 0.414 e. The highest BCUT2D eigenvalue weighted by atomic mass is 16.6. The van der Waals surface area contributed by atoms with E-state index in [1.165, 1.54) is 10.5 Å². The summed E-state index contributed by atoms with van der Waals surface area (Å²) in [4.78, 5) is 35.2. The van der Waals surface area contributed by atoms with E-state index >= 15 is 0 Å². The fourth-order valence-electron chi connectivity index (χ4n) is 4.13. The lowest BCUT2D eigenvalue weighted by molar-refractivity contribution is 0.0746. The van der Waals surface area contributed by atoms with E-state index in [1.807, 2.05) is 11.8 Å². The Balaban J connectivity index is 1.41. The number of hydrogen-bond donors (Lipinski definition) is 1. The second kappa shape index (κ2) is 8.55. The van der Waals surface area contributed by atoms with Gasteiger partial charge in [0, 0.05) is 43.1 Å². The van der Waals surface area contributed by atoms with Crippen LogP contribution in [0.1, 0.15) is 27.2 Å². The smallest absolute Gasteiger partial charge is 0.414 e. The predicted octanol–water partition coefficient (Wildman–Crippen LogP) is 2.29. The van der Waals surface area contributed by atoms with E-state index < -0.39 is 12.1 Å². The van der Waals surface area contributed by atoms with E-state index in [1.54, 1.807) is 24.3 Å². The summed E-state index contributed by atoms with van der Waals surface area (Å²) in [6, 6.07) is 8.65.